The third-order valence-electron chi connectivity index (χ3n) is 2.58. The van der Waals surface area contributed by atoms with E-state index < -0.39 is 0 Å². The Morgan fingerprint density at radius 2 is 2.12 bits per heavy atom. The molecule has 0 aliphatic rings. The fourth-order valence-electron chi connectivity index (χ4n) is 1.69. The lowest BCUT2D eigenvalue weighted by Gasteiger charge is -2.04. The van der Waals surface area contributed by atoms with Crippen molar-refractivity contribution in [3.63, 3.8) is 0 Å². The number of hydrogen-bond donors (Lipinski definition) is 0. The minimum Gasteiger partial charge on any atom is -0.253 e. The van der Waals surface area contributed by atoms with E-state index in [-0.39, 0.29) is 5.83 Å². The lowest BCUT2D eigenvalue weighted by Crippen LogP contribution is -1.90. The summed E-state index contributed by atoms with van der Waals surface area (Å²) in [6.45, 7) is 5.63. The molecule has 2 heterocycles. The molecule has 0 N–H and O–H groups in total. The third-order valence-corrected chi connectivity index (χ3v) is 3.63. The largest absolute Gasteiger partial charge is 0.253 e. The Hall–Kier alpha value is -1.48. The second-order valence-corrected chi connectivity index (χ2v) is 5.22. The molecule has 0 saturated heterocycles. The Labute approximate surface area is 105 Å². The monoisotopic (exact) mass is 247 g/mol. The first-order valence-electron chi connectivity index (χ1n) is 5.47. The van der Waals surface area contributed by atoms with Crippen LogP contribution in [0.2, 0.25) is 0 Å². The lowest BCUT2D eigenvalue weighted by atomic mass is 10.1. The van der Waals surface area contributed by atoms with Gasteiger partial charge in [-0.2, -0.15) is 0 Å². The van der Waals surface area contributed by atoms with Gasteiger partial charge in [0.1, 0.15) is 11.5 Å². The molecule has 0 amide bonds. The topological polar surface area (TPSA) is 12.9 Å². The molecule has 3 heteroatoms. The van der Waals surface area contributed by atoms with E-state index in [2.05, 4.69) is 24.0 Å². The quantitative estimate of drug-likeness (QED) is 0.745. The number of allylic oxidation sites excluding steroid dienone is 1. The molecular formula is C14H14FNS. The third kappa shape index (κ3) is 2.44. The van der Waals surface area contributed by atoms with Crippen molar-refractivity contribution in [2.24, 2.45) is 0 Å². The Bertz CT molecular complexity index is 569. The van der Waals surface area contributed by atoms with Gasteiger partial charge in [0, 0.05) is 21.5 Å². The van der Waals surface area contributed by atoms with Gasteiger partial charge in [0.25, 0.3) is 0 Å². The Morgan fingerprint density at radius 3 is 2.65 bits per heavy atom. The van der Waals surface area contributed by atoms with E-state index in [9.17, 15) is 4.39 Å². The van der Waals surface area contributed by atoms with Gasteiger partial charge in [-0.1, -0.05) is 0 Å². The SMILES string of the molecule is C/C=C(/F)c1ncc(-c2ccc(C)s2)cc1C. The highest BCUT2D eigenvalue weighted by Crippen LogP contribution is 2.29. The van der Waals surface area contributed by atoms with Gasteiger partial charge in [0.05, 0.1) is 0 Å². The van der Waals surface area contributed by atoms with Crippen LogP contribution in [0.15, 0.2) is 30.5 Å². The van der Waals surface area contributed by atoms with Crippen LogP contribution in [0.25, 0.3) is 16.3 Å². The second kappa shape index (κ2) is 4.80. The van der Waals surface area contributed by atoms with Gasteiger partial charge in [0.15, 0.2) is 0 Å². The standard InChI is InChI=1S/C14H14FNS/c1-4-12(15)14-9(2)7-11(8-16-14)13-6-5-10(3)17-13/h4-8H,1-3H3/b12-4+. The zero-order valence-corrected chi connectivity index (χ0v) is 10.9. The number of hydrogen-bond acceptors (Lipinski definition) is 2. The van der Waals surface area contributed by atoms with E-state index in [1.54, 1.807) is 24.5 Å². The summed E-state index contributed by atoms with van der Waals surface area (Å²) in [5, 5.41) is 0. The van der Waals surface area contributed by atoms with Crippen LogP contribution < -0.4 is 0 Å². The van der Waals surface area contributed by atoms with Crippen molar-refractivity contribution in [2.45, 2.75) is 20.8 Å². The fourth-order valence-corrected chi connectivity index (χ4v) is 2.53. The molecule has 0 radical (unpaired) electrons. The molecule has 0 fully saturated rings. The van der Waals surface area contributed by atoms with E-state index in [0.29, 0.717) is 5.69 Å². The summed E-state index contributed by atoms with van der Waals surface area (Å²) in [5.74, 6) is -0.267. The smallest absolute Gasteiger partial charge is 0.144 e. The summed E-state index contributed by atoms with van der Waals surface area (Å²) in [4.78, 5) is 6.63. The zero-order valence-electron chi connectivity index (χ0n) is 10.1. The predicted molar refractivity (Wildman–Crippen MR) is 71.8 cm³/mol. The average molecular weight is 247 g/mol. The van der Waals surface area contributed by atoms with Crippen molar-refractivity contribution < 1.29 is 4.39 Å². The molecule has 0 unspecified atom stereocenters. The van der Waals surface area contributed by atoms with E-state index in [1.807, 2.05) is 13.0 Å². The summed E-state index contributed by atoms with van der Waals surface area (Å²) in [6, 6.07) is 6.13. The Kier molecular flexibility index (Phi) is 3.38. The van der Waals surface area contributed by atoms with Crippen LogP contribution in [-0.2, 0) is 0 Å². The van der Waals surface area contributed by atoms with Crippen LogP contribution in [0.1, 0.15) is 23.1 Å². The van der Waals surface area contributed by atoms with Crippen molar-refractivity contribution in [1.29, 1.82) is 0 Å². The van der Waals surface area contributed by atoms with Crippen molar-refractivity contribution in [3.8, 4) is 10.4 Å². The maximum Gasteiger partial charge on any atom is 0.144 e. The minimum atomic E-state index is -0.267. The molecule has 0 aromatic carbocycles. The van der Waals surface area contributed by atoms with E-state index in [4.69, 9.17) is 0 Å². The second-order valence-electron chi connectivity index (χ2n) is 3.94. The van der Waals surface area contributed by atoms with Crippen molar-refractivity contribution >= 4 is 17.2 Å². The van der Waals surface area contributed by atoms with Gasteiger partial charge >= 0.3 is 0 Å². The van der Waals surface area contributed by atoms with Gasteiger partial charge in [0.2, 0.25) is 0 Å². The lowest BCUT2D eigenvalue weighted by molar-refractivity contribution is 0.749. The van der Waals surface area contributed by atoms with Crippen LogP contribution in [0.4, 0.5) is 4.39 Å². The highest BCUT2D eigenvalue weighted by Gasteiger charge is 2.08. The molecule has 17 heavy (non-hydrogen) atoms. The summed E-state index contributed by atoms with van der Waals surface area (Å²) in [6.07, 6.45) is 3.17. The first-order chi connectivity index (χ1) is 8.11. The fraction of sp³-hybridized carbons (Fsp3) is 0.214. The van der Waals surface area contributed by atoms with Gasteiger partial charge in [-0.25, -0.2) is 4.39 Å². The normalized spacial score (nSPS) is 11.9. The highest BCUT2D eigenvalue weighted by atomic mass is 32.1. The van der Waals surface area contributed by atoms with Crippen LogP contribution in [0.5, 0.6) is 0 Å². The summed E-state index contributed by atoms with van der Waals surface area (Å²) < 4.78 is 13.5. The average Bonchev–Trinajstić information content (AvgIpc) is 2.75. The molecule has 0 spiro atoms. The number of thiophene rings is 1. The van der Waals surface area contributed by atoms with Crippen LogP contribution in [-0.4, -0.2) is 4.98 Å². The van der Waals surface area contributed by atoms with Crippen LogP contribution in [0.3, 0.4) is 0 Å². The van der Waals surface area contributed by atoms with E-state index in [0.717, 1.165) is 11.1 Å². The first kappa shape index (κ1) is 12.0. The maximum absolute atomic E-state index is 13.5. The van der Waals surface area contributed by atoms with Crippen molar-refractivity contribution in [2.75, 3.05) is 0 Å². The van der Waals surface area contributed by atoms with Gasteiger partial charge in [-0.15, -0.1) is 11.3 Å². The van der Waals surface area contributed by atoms with Crippen LogP contribution in [0, 0.1) is 13.8 Å². The molecule has 2 aromatic heterocycles. The van der Waals surface area contributed by atoms with Gasteiger partial charge in [-0.3, -0.25) is 4.98 Å². The van der Waals surface area contributed by atoms with E-state index in [1.165, 1.54) is 15.8 Å². The molecule has 0 bridgehead atoms. The number of aryl methyl sites for hydroxylation is 2. The predicted octanol–water partition coefficient (Wildman–Crippen LogP) is 4.76. The van der Waals surface area contributed by atoms with Crippen LogP contribution >= 0.6 is 11.3 Å². The number of pyridine rings is 1. The highest BCUT2D eigenvalue weighted by molar-refractivity contribution is 7.15. The summed E-state index contributed by atoms with van der Waals surface area (Å²) >= 11 is 1.72. The zero-order chi connectivity index (χ0) is 12.4. The molecule has 0 aliphatic heterocycles. The van der Waals surface area contributed by atoms with E-state index >= 15 is 0 Å². The molecule has 88 valence electrons. The molecule has 2 rings (SSSR count). The van der Waals surface area contributed by atoms with Gasteiger partial charge in [-0.05, 0) is 50.6 Å². The van der Waals surface area contributed by atoms with Crippen molar-refractivity contribution in [3.05, 3.63) is 46.6 Å². The molecule has 0 aliphatic carbocycles. The maximum atomic E-state index is 13.5. The Balaban J connectivity index is 2.44. The number of nitrogens with zero attached hydrogens (tertiary/aromatic N) is 1. The number of aromatic nitrogens is 1. The molecular weight excluding hydrogens is 233 g/mol. The summed E-state index contributed by atoms with van der Waals surface area (Å²) in [7, 11) is 0. The number of halogens is 1. The summed E-state index contributed by atoms with van der Waals surface area (Å²) in [5.41, 5.74) is 2.35. The van der Waals surface area contributed by atoms with Gasteiger partial charge < -0.3 is 0 Å². The molecule has 0 atom stereocenters. The Morgan fingerprint density at radius 1 is 1.35 bits per heavy atom. The van der Waals surface area contributed by atoms with Crippen molar-refractivity contribution in [1.82, 2.24) is 4.98 Å². The molecule has 1 nitrogen and oxygen atoms in total. The molecule has 2 aromatic rings. The minimum absolute atomic E-state index is 0.267. The molecule has 0 saturated carbocycles. The first-order valence-corrected chi connectivity index (χ1v) is 6.29. The number of rotatable bonds is 2.